The van der Waals surface area contributed by atoms with Gasteiger partial charge in [-0.25, -0.2) is 0 Å². The third-order valence-electron chi connectivity index (χ3n) is 8.52. The summed E-state index contributed by atoms with van der Waals surface area (Å²) in [6.07, 6.45) is 3.71. The van der Waals surface area contributed by atoms with Gasteiger partial charge < -0.3 is 14.5 Å². The predicted molar refractivity (Wildman–Crippen MR) is 190 cm³/mol. The number of hydrogen-bond donors (Lipinski definition) is 0. The molecule has 0 aliphatic rings. The van der Waals surface area contributed by atoms with E-state index in [-0.39, 0.29) is 25.5 Å². The quantitative estimate of drug-likeness (QED) is 0.163. The van der Waals surface area contributed by atoms with Crippen molar-refractivity contribution >= 4 is 21.8 Å². The maximum atomic E-state index is 4.73. The molecule has 3 aromatic heterocycles. The van der Waals surface area contributed by atoms with Gasteiger partial charge in [-0.2, -0.15) is 0 Å². The van der Waals surface area contributed by atoms with Gasteiger partial charge in [-0.1, -0.05) is 104 Å². The Kier molecular flexibility index (Phi) is 9.54. The van der Waals surface area contributed by atoms with Gasteiger partial charge in [0.05, 0.1) is 0 Å². The van der Waals surface area contributed by atoms with Crippen molar-refractivity contribution in [1.82, 2.24) is 14.5 Å². The molecule has 0 amide bonds. The molecule has 1 radical (unpaired) electrons. The van der Waals surface area contributed by atoms with E-state index in [1.165, 1.54) is 27.4 Å². The average Bonchev–Trinajstić information content (AvgIpc) is 3.47. The number of benzene rings is 5. The second kappa shape index (κ2) is 14.1. The standard InChI is InChI=1S/C32H25N2.C11H8N.Ir/c1-32(2,24-11-5-3-6-12-24)25-19-20-33-29(22-25)23-17-18-31-28(21-23)27-15-9-10-16-30(27)34(31)26-13-7-4-8-14-26;1-2-6-10(7-3-1)11-8-4-5-9-12-11;/h3-16,18-22H,1-2H3;1-6,8-9H;/q2*-1;. The summed E-state index contributed by atoms with van der Waals surface area (Å²) < 4.78 is 2.31. The SMILES string of the molecule is CC(C)(c1ccccc1)c1ccnc(-c2[c-]cc3c(c2)c2ccccc2n3-c2ccccc2)c1.[Ir].[c-]1ccccc1-c1ccccn1. The summed E-state index contributed by atoms with van der Waals surface area (Å²) in [5, 5.41) is 2.44. The van der Waals surface area contributed by atoms with Crippen LogP contribution in [0.1, 0.15) is 25.0 Å². The average molecular weight is 784 g/mol. The molecule has 0 saturated carbocycles. The van der Waals surface area contributed by atoms with Gasteiger partial charge in [-0.3, -0.25) is 0 Å². The van der Waals surface area contributed by atoms with Crippen molar-refractivity contribution in [3.05, 3.63) is 187 Å². The van der Waals surface area contributed by atoms with E-state index in [0.717, 1.165) is 33.7 Å². The molecule has 0 fully saturated rings. The van der Waals surface area contributed by atoms with E-state index >= 15 is 0 Å². The van der Waals surface area contributed by atoms with Crippen LogP contribution in [0.25, 0.3) is 50.0 Å². The number of para-hydroxylation sites is 2. The molecule has 0 atom stereocenters. The third-order valence-corrected chi connectivity index (χ3v) is 8.52. The second-order valence-electron chi connectivity index (χ2n) is 11.7. The first-order chi connectivity index (χ1) is 22.6. The molecule has 0 aliphatic carbocycles. The van der Waals surface area contributed by atoms with Crippen molar-refractivity contribution in [3.63, 3.8) is 0 Å². The smallest absolute Gasteiger partial charge is 0.0436 e. The Balaban J connectivity index is 0.000000250. The summed E-state index contributed by atoms with van der Waals surface area (Å²) in [4.78, 5) is 8.95. The zero-order valence-corrected chi connectivity index (χ0v) is 28.7. The summed E-state index contributed by atoms with van der Waals surface area (Å²) in [5.41, 5.74) is 9.87. The van der Waals surface area contributed by atoms with Gasteiger partial charge in [0.1, 0.15) is 0 Å². The fraction of sp³-hybridized carbons (Fsp3) is 0.0698. The first-order valence-corrected chi connectivity index (χ1v) is 15.5. The van der Waals surface area contributed by atoms with Gasteiger partial charge in [0, 0.05) is 49.1 Å². The summed E-state index contributed by atoms with van der Waals surface area (Å²) in [6, 6.07) is 58.8. The third kappa shape index (κ3) is 6.57. The summed E-state index contributed by atoms with van der Waals surface area (Å²) in [5.74, 6) is 0. The Morgan fingerprint density at radius 3 is 1.98 bits per heavy atom. The molecular formula is C43H33IrN3-2. The molecular weight excluding hydrogens is 751 g/mol. The molecule has 4 heteroatoms. The van der Waals surface area contributed by atoms with Crippen LogP contribution in [0.15, 0.2) is 164 Å². The topological polar surface area (TPSA) is 30.7 Å². The fourth-order valence-corrected chi connectivity index (χ4v) is 5.98. The number of pyridine rings is 2. The van der Waals surface area contributed by atoms with Crippen LogP contribution < -0.4 is 0 Å². The van der Waals surface area contributed by atoms with E-state index in [9.17, 15) is 0 Å². The maximum absolute atomic E-state index is 4.73. The summed E-state index contributed by atoms with van der Waals surface area (Å²) in [6.45, 7) is 4.53. The van der Waals surface area contributed by atoms with E-state index in [1.807, 2.05) is 48.7 Å². The van der Waals surface area contributed by atoms with Crippen LogP contribution in [-0.2, 0) is 25.5 Å². The van der Waals surface area contributed by atoms with Crippen molar-refractivity contribution in [2.24, 2.45) is 0 Å². The number of aromatic nitrogens is 3. The molecule has 0 bridgehead atoms. The van der Waals surface area contributed by atoms with Gasteiger partial charge in [-0.05, 0) is 63.7 Å². The minimum absolute atomic E-state index is 0. The molecule has 3 nitrogen and oxygen atoms in total. The van der Waals surface area contributed by atoms with Gasteiger partial charge in [0.15, 0.2) is 0 Å². The van der Waals surface area contributed by atoms with Crippen LogP contribution in [0.2, 0.25) is 0 Å². The number of rotatable bonds is 5. The largest absolute Gasteiger partial charge is 0.351 e. The second-order valence-corrected chi connectivity index (χ2v) is 11.7. The zero-order valence-electron chi connectivity index (χ0n) is 26.3. The zero-order chi connectivity index (χ0) is 31.3. The van der Waals surface area contributed by atoms with Crippen molar-refractivity contribution < 1.29 is 20.1 Å². The van der Waals surface area contributed by atoms with Crippen molar-refractivity contribution in [2.45, 2.75) is 19.3 Å². The molecule has 3 heterocycles. The Morgan fingerprint density at radius 1 is 0.532 bits per heavy atom. The van der Waals surface area contributed by atoms with E-state index in [1.54, 1.807) is 6.20 Å². The molecule has 0 spiro atoms. The molecule has 5 aromatic carbocycles. The number of fused-ring (bicyclic) bond motifs is 3. The van der Waals surface area contributed by atoms with Crippen LogP contribution in [0, 0.1) is 12.1 Å². The normalized spacial score (nSPS) is 11.0. The maximum Gasteiger partial charge on any atom is 0.0436 e. The predicted octanol–water partition coefficient (Wildman–Crippen LogP) is 10.5. The van der Waals surface area contributed by atoms with Crippen molar-refractivity contribution in [2.75, 3.05) is 0 Å². The summed E-state index contributed by atoms with van der Waals surface area (Å²) >= 11 is 0. The molecule has 47 heavy (non-hydrogen) atoms. The monoisotopic (exact) mass is 784 g/mol. The molecule has 0 N–H and O–H groups in total. The van der Waals surface area contributed by atoms with E-state index < -0.39 is 0 Å². The van der Waals surface area contributed by atoms with Crippen LogP contribution >= 0.6 is 0 Å². The van der Waals surface area contributed by atoms with E-state index in [4.69, 9.17) is 4.98 Å². The van der Waals surface area contributed by atoms with Crippen LogP contribution in [0.4, 0.5) is 0 Å². The van der Waals surface area contributed by atoms with Crippen LogP contribution in [0.5, 0.6) is 0 Å². The van der Waals surface area contributed by atoms with Crippen molar-refractivity contribution in [1.29, 1.82) is 0 Å². The Labute approximate surface area is 290 Å². The van der Waals surface area contributed by atoms with E-state index in [2.05, 4.69) is 145 Å². The number of hydrogen-bond acceptors (Lipinski definition) is 2. The minimum atomic E-state index is -0.119. The molecule has 0 aliphatic heterocycles. The van der Waals surface area contributed by atoms with Gasteiger partial charge in [-0.15, -0.1) is 59.7 Å². The Bertz CT molecular complexity index is 2170. The van der Waals surface area contributed by atoms with Crippen molar-refractivity contribution in [3.8, 4) is 28.2 Å². The van der Waals surface area contributed by atoms with Gasteiger partial charge >= 0.3 is 0 Å². The Morgan fingerprint density at radius 2 is 1.23 bits per heavy atom. The molecule has 8 aromatic rings. The first-order valence-electron chi connectivity index (χ1n) is 15.5. The minimum Gasteiger partial charge on any atom is -0.351 e. The summed E-state index contributed by atoms with van der Waals surface area (Å²) in [7, 11) is 0. The molecule has 0 unspecified atom stereocenters. The molecule has 8 rings (SSSR count). The Hall–Kier alpha value is -5.15. The number of nitrogens with zero attached hydrogens (tertiary/aromatic N) is 3. The fourth-order valence-electron chi connectivity index (χ4n) is 5.98. The molecule has 0 saturated heterocycles. The van der Waals surface area contributed by atoms with Gasteiger partial charge in [0.25, 0.3) is 0 Å². The first kappa shape index (κ1) is 31.8. The molecule has 231 valence electrons. The van der Waals surface area contributed by atoms with Crippen LogP contribution in [-0.4, -0.2) is 14.5 Å². The van der Waals surface area contributed by atoms with Crippen LogP contribution in [0.3, 0.4) is 0 Å². The van der Waals surface area contributed by atoms with E-state index in [0.29, 0.717) is 0 Å². The van der Waals surface area contributed by atoms with Gasteiger partial charge in [0.2, 0.25) is 0 Å².